The third-order valence-electron chi connectivity index (χ3n) is 3.32. The van der Waals surface area contributed by atoms with Crippen molar-refractivity contribution in [3.05, 3.63) is 29.8 Å². The van der Waals surface area contributed by atoms with Gasteiger partial charge in [0.25, 0.3) is 0 Å². The molecule has 18 heavy (non-hydrogen) atoms. The highest BCUT2D eigenvalue weighted by molar-refractivity contribution is 7.99. The lowest BCUT2D eigenvalue weighted by atomic mass is 10.0. The first-order valence-electron chi connectivity index (χ1n) is 6.15. The smallest absolute Gasteiger partial charge is 0.155 e. The summed E-state index contributed by atoms with van der Waals surface area (Å²) in [4.78, 5) is 14.5. The Kier molecular flexibility index (Phi) is 4.66. The largest absolute Gasteiger partial charge is 0.496 e. The Hall–Kier alpha value is -1.00. The molecule has 3 nitrogen and oxygen atoms in total. The topological polar surface area (TPSA) is 29.5 Å². The van der Waals surface area contributed by atoms with Crippen molar-refractivity contribution >= 4 is 17.5 Å². The minimum absolute atomic E-state index is 0.0497. The van der Waals surface area contributed by atoms with E-state index in [0.717, 1.165) is 29.4 Å². The van der Waals surface area contributed by atoms with Gasteiger partial charge in [-0.1, -0.05) is 18.2 Å². The first kappa shape index (κ1) is 13.4. The summed E-state index contributed by atoms with van der Waals surface area (Å²) in [6, 6.07) is 7.79. The van der Waals surface area contributed by atoms with Gasteiger partial charge in [0.15, 0.2) is 5.78 Å². The van der Waals surface area contributed by atoms with E-state index in [2.05, 4.69) is 4.90 Å². The third kappa shape index (κ3) is 3.06. The van der Waals surface area contributed by atoms with Crippen LogP contribution < -0.4 is 4.74 Å². The standard InChI is InChI=1S/C14H19NO2S/c1-15-7-8-18-10-12(15)13(16)9-11-5-3-4-6-14(11)17-2/h3-6,12H,7-10H2,1-2H3. The van der Waals surface area contributed by atoms with Crippen molar-refractivity contribution in [2.75, 3.05) is 32.2 Å². The number of benzene rings is 1. The van der Waals surface area contributed by atoms with E-state index in [-0.39, 0.29) is 11.8 Å². The Morgan fingerprint density at radius 3 is 3.00 bits per heavy atom. The number of nitrogens with zero attached hydrogens (tertiary/aromatic N) is 1. The Labute approximate surface area is 113 Å². The third-order valence-corrected chi connectivity index (χ3v) is 4.35. The van der Waals surface area contributed by atoms with Crippen LogP contribution in [0.15, 0.2) is 24.3 Å². The van der Waals surface area contributed by atoms with Crippen LogP contribution in [-0.4, -0.2) is 48.9 Å². The normalized spacial score (nSPS) is 20.7. The van der Waals surface area contributed by atoms with Gasteiger partial charge in [0, 0.05) is 30.0 Å². The van der Waals surface area contributed by atoms with Crippen molar-refractivity contribution in [1.82, 2.24) is 4.90 Å². The van der Waals surface area contributed by atoms with Gasteiger partial charge in [-0.05, 0) is 13.1 Å². The fourth-order valence-corrected chi connectivity index (χ4v) is 3.43. The van der Waals surface area contributed by atoms with Crippen molar-refractivity contribution in [1.29, 1.82) is 0 Å². The Morgan fingerprint density at radius 2 is 2.28 bits per heavy atom. The number of carbonyl (C=O) groups is 1. The van der Waals surface area contributed by atoms with Crippen molar-refractivity contribution < 1.29 is 9.53 Å². The highest BCUT2D eigenvalue weighted by Crippen LogP contribution is 2.21. The SMILES string of the molecule is COc1ccccc1CC(=O)C1CSCCN1C. The number of rotatable bonds is 4. The molecular formula is C14H19NO2S. The minimum atomic E-state index is 0.0497. The quantitative estimate of drug-likeness (QED) is 0.831. The number of para-hydroxylation sites is 1. The zero-order valence-corrected chi connectivity index (χ0v) is 11.7. The molecular weight excluding hydrogens is 246 g/mol. The van der Waals surface area contributed by atoms with Crippen molar-refractivity contribution in [3.63, 3.8) is 0 Å². The zero-order valence-electron chi connectivity index (χ0n) is 10.9. The second kappa shape index (κ2) is 6.25. The highest BCUT2D eigenvalue weighted by Gasteiger charge is 2.26. The molecule has 4 heteroatoms. The molecule has 0 aromatic heterocycles. The van der Waals surface area contributed by atoms with E-state index in [1.165, 1.54) is 0 Å². The fourth-order valence-electron chi connectivity index (χ4n) is 2.18. The Morgan fingerprint density at radius 1 is 1.50 bits per heavy atom. The van der Waals surface area contributed by atoms with Crippen LogP contribution in [0.2, 0.25) is 0 Å². The number of Topliss-reactive ketones (excluding diaryl/α,β-unsaturated/α-hetero) is 1. The number of thioether (sulfide) groups is 1. The van der Waals surface area contributed by atoms with Crippen LogP contribution in [-0.2, 0) is 11.2 Å². The molecule has 1 fully saturated rings. The second-order valence-electron chi connectivity index (χ2n) is 4.53. The molecule has 2 rings (SSSR count). The van der Waals surface area contributed by atoms with Gasteiger partial charge in [0.05, 0.1) is 13.2 Å². The summed E-state index contributed by atoms with van der Waals surface area (Å²) in [5.41, 5.74) is 0.981. The zero-order chi connectivity index (χ0) is 13.0. The fraction of sp³-hybridized carbons (Fsp3) is 0.500. The number of hydrogen-bond acceptors (Lipinski definition) is 4. The molecule has 1 heterocycles. The Balaban J connectivity index is 2.06. The maximum atomic E-state index is 12.3. The van der Waals surface area contributed by atoms with Gasteiger partial charge in [-0.25, -0.2) is 0 Å². The van der Waals surface area contributed by atoms with E-state index >= 15 is 0 Å². The molecule has 1 aromatic carbocycles. The van der Waals surface area contributed by atoms with Gasteiger partial charge >= 0.3 is 0 Å². The molecule has 0 saturated carbocycles. The summed E-state index contributed by atoms with van der Waals surface area (Å²) < 4.78 is 5.29. The van der Waals surface area contributed by atoms with Crippen LogP contribution in [0.5, 0.6) is 5.75 Å². The van der Waals surface area contributed by atoms with Gasteiger partial charge < -0.3 is 4.74 Å². The number of ketones is 1. The molecule has 1 unspecified atom stereocenters. The summed E-state index contributed by atoms with van der Waals surface area (Å²) in [7, 11) is 3.68. The van der Waals surface area contributed by atoms with Gasteiger partial charge in [-0.15, -0.1) is 0 Å². The number of methoxy groups -OCH3 is 1. The highest BCUT2D eigenvalue weighted by atomic mass is 32.2. The predicted molar refractivity (Wildman–Crippen MR) is 75.4 cm³/mol. The number of likely N-dealkylation sites (N-methyl/N-ethyl adjacent to an activating group) is 1. The number of ether oxygens (including phenoxy) is 1. The van der Waals surface area contributed by atoms with Crippen LogP contribution in [0.1, 0.15) is 5.56 Å². The molecule has 0 amide bonds. The van der Waals surface area contributed by atoms with E-state index in [4.69, 9.17) is 4.74 Å². The molecule has 1 atom stereocenters. The monoisotopic (exact) mass is 265 g/mol. The van der Waals surface area contributed by atoms with E-state index in [9.17, 15) is 4.79 Å². The predicted octanol–water partition coefficient (Wildman–Crippen LogP) is 1.85. The number of carbonyl (C=O) groups excluding carboxylic acids is 1. The Bertz CT molecular complexity index is 422. The van der Waals surface area contributed by atoms with E-state index in [1.54, 1.807) is 7.11 Å². The van der Waals surface area contributed by atoms with Gasteiger partial charge in [0.2, 0.25) is 0 Å². The summed E-state index contributed by atoms with van der Waals surface area (Å²) in [6.45, 7) is 0.993. The molecule has 1 saturated heterocycles. The second-order valence-corrected chi connectivity index (χ2v) is 5.68. The van der Waals surface area contributed by atoms with E-state index in [1.807, 2.05) is 43.1 Å². The van der Waals surface area contributed by atoms with Crippen molar-refractivity contribution in [2.45, 2.75) is 12.5 Å². The molecule has 0 spiro atoms. The van der Waals surface area contributed by atoms with Crippen LogP contribution >= 0.6 is 11.8 Å². The van der Waals surface area contributed by atoms with Crippen LogP contribution in [0, 0.1) is 0 Å². The first-order valence-corrected chi connectivity index (χ1v) is 7.30. The molecule has 0 radical (unpaired) electrons. The lowest BCUT2D eigenvalue weighted by Gasteiger charge is -2.31. The van der Waals surface area contributed by atoms with Crippen molar-refractivity contribution in [2.24, 2.45) is 0 Å². The van der Waals surface area contributed by atoms with Crippen LogP contribution in [0.25, 0.3) is 0 Å². The van der Waals surface area contributed by atoms with E-state index < -0.39 is 0 Å². The molecule has 0 N–H and O–H groups in total. The number of hydrogen-bond donors (Lipinski definition) is 0. The van der Waals surface area contributed by atoms with E-state index in [0.29, 0.717) is 6.42 Å². The lowest BCUT2D eigenvalue weighted by Crippen LogP contribution is -2.45. The summed E-state index contributed by atoms with van der Waals surface area (Å²) in [5.74, 6) is 3.12. The maximum Gasteiger partial charge on any atom is 0.155 e. The maximum absolute atomic E-state index is 12.3. The molecule has 1 aliphatic rings. The summed E-state index contributed by atoms with van der Waals surface area (Å²) in [5, 5.41) is 0. The average molecular weight is 265 g/mol. The molecule has 0 bridgehead atoms. The molecule has 0 aliphatic carbocycles. The minimum Gasteiger partial charge on any atom is -0.496 e. The molecule has 98 valence electrons. The summed E-state index contributed by atoms with van der Waals surface area (Å²) in [6.07, 6.45) is 0.458. The van der Waals surface area contributed by atoms with Gasteiger partial charge in [-0.3, -0.25) is 9.69 Å². The summed E-state index contributed by atoms with van der Waals surface area (Å²) >= 11 is 1.86. The van der Waals surface area contributed by atoms with Gasteiger partial charge in [-0.2, -0.15) is 11.8 Å². The average Bonchev–Trinajstić information content (AvgIpc) is 2.39. The first-order chi connectivity index (χ1) is 8.72. The lowest BCUT2D eigenvalue weighted by molar-refractivity contribution is -0.122. The molecule has 1 aromatic rings. The van der Waals surface area contributed by atoms with Crippen LogP contribution in [0.4, 0.5) is 0 Å². The van der Waals surface area contributed by atoms with Crippen LogP contribution in [0.3, 0.4) is 0 Å². The van der Waals surface area contributed by atoms with Crippen molar-refractivity contribution in [3.8, 4) is 5.75 Å². The van der Waals surface area contributed by atoms with Gasteiger partial charge in [0.1, 0.15) is 5.75 Å². The molecule has 1 aliphatic heterocycles.